The normalized spacial score (nSPS) is 14.6. The van der Waals surface area contributed by atoms with Gasteiger partial charge in [0.1, 0.15) is 0 Å². The second kappa shape index (κ2) is 4.82. The lowest BCUT2D eigenvalue weighted by Gasteiger charge is -2.32. The molecule has 0 aromatic carbocycles. The molecule has 1 unspecified atom stereocenters. The Bertz CT molecular complexity index is 278. The third kappa shape index (κ3) is 4.18. The molecular formula is C11H22NO4+. The predicted molar refractivity (Wildman–Crippen MR) is 60.1 cm³/mol. The van der Waals surface area contributed by atoms with Crippen molar-refractivity contribution in [2.75, 3.05) is 21.1 Å². The van der Waals surface area contributed by atoms with Gasteiger partial charge < -0.3 is 14.7 Å². The van der Waals surface area contributed by atoms with Crippen LogP contribution in [0.2, 0.25) is 0 Å². The lowest BCUT2D eigenvalue weighted by Crippen LogP contribution is -2.50. The summed E-state index contributed by atoms with van der Waals surface area (Å²) in [7, 11) is 5.39. The van der Waals surface area contributed by atoms with Gasteiger partial charge in [-0.2, -0.15) is 0 Å². The van der Waals surface area contributed by atoms with Crippen LogP contribution in [0.5, 0.6) is 0 Å². The highest BCUT2D eigenvalue weighted by molar-refractivity contribution is 5.74. The van der Waals surface area contributed by atoms with Gasteiger partial charge in [0, 0.05) is 6.42 Å². The van der Waals surface area contributed by atoms with Gasteiger partial charge in [-0.15, -0.1) is 0 Å². The van der Waals surface area contributed by atoms with Crippen LogP contribution in [-0.4, -0.2) is 53.8 Å². The molecule has 0 amide bonds. The number of aliphatic carboxylic acids is 2. The van der Waals surface area contributed by atoms with E-state index >= 15 is 0 Å². The topological polar surface area (TPSA) is 74.6 Å². The molecule has 0 heterocycles. The zero-order chi connectivity index (χ0) is 13.1. The van der Waals surface area contributed by atoms with E-state index in [2.05, 4.69) is 0 Å². The SMILES string of the molecule is CC(C)(CCC(C(=O)O)[N+](C)(C)C)C(=O)O. The molecule has 0 aliphatic rings. The number of carboxylic acid groups (broad SMARTS) is 2. The standard InChI is InChI=1S/C11H21NO4/c1-11(2,10(15)16)7-6-8(9(13)14)12(3,4)5/h8H,6-7H2,1-5H3,(H-,13,14,15,16)/p+1. The number of carboxylic acids is 2. The molecule has 0 aromatic heterocycles. The summed E-state index contributed by atoms with van der Waals surface area (Å²) in [5.41, 5.74) is -0.872. The molecule has 0 aliphatic carbocycles. The maximum Gasteiger partial charge on any atom is 0.362 e. The predicted octanol–water partition coefficient (Wildman–Crippen LogP) is 1.04. The summed E-state index contributed by atoms with van der Waals surface area (Å²) in [6, 6.07) is -0.571. The van der Waals surface area contributed by atoms with Gasteiger partial charge >= 0.3 is 11.9 Å². The van der Waals surface area contributed by atoms with E-state index in [0.717, 1.165) is 0 Å². The molecule has 0 bridgehead atoms. The molecule has 2 N–H and O–H groups in total. The molecule has 0 aliphatic heterocycles. The molecule has 1 atom stereocenters. The van der Waals surface area contributed by atoms with Gasteiger partial charge in [-0.05, 0) is 20.3 Å². The van der Waals surface area contributed by atoms with Gasteiger partial charge in [0.2, 0.25) is 0 Å². The molecule has 5 nitrogen and oxygen atoms in total. The monoisotopic (exact) mass is 232 g/mol. The van der Waals surface area contributed by atoms with E-state index < -0.39 is 23.4 Å². The first-order valence-corrected chi connectivity index (χ1v) is 5.26. The molecule has 0 spiro atoms. The zero-order valence-electron chi connectivity index (χ0n) is 10.6. The molecule has 0 fully saturated rings. The second-order valence-corrected chi connectivity index (χ2v) is 5.70. The van der Waals surface area contributed by atoms with E-state index in [-0.39, 0.29) is 0 Å². The number of quaternary nitrogens is 1. The Morgan fingerprint density at radius 3 is 1.88 bits per heavy atom. The van der Waals surface area contributed by atoms with Gasteiger partial charge in [-0.1, -0.05) is 0 Å². The van der Waals surface area contributed by atoms with Crippen molar-refractivity contribution in [2.45, 2.75) is 32.7 Å². The van der Waals surface area contributed by atoms with E-state index in [9.17, 15) is 9.59 Å². The molecule has 0 rings (SSSR count). The third-order valence-corrected chi connectivity index (χ3v) is 2.84. The Labute approximate surface area is 96.3 Å². The van der Waals surface area contributed by atoms with E-state index in [1.54, 1.807) is 35.0 Å². The largest absolute Gasteiger partial charge is 0.481 e. The molecule has 0 saturated heterocycles. The summed E-state index contributed by atoms with van der Waals surface area (Å²) in [5, 5.41) is 18.0. The van der Waals surface area contributed by atoms with E-state index in [4.69, 9.17) is 10.2 Å². The highest BCUT2D eigenvalue weighted by Gasteiger charge is 2.35. The maximum atomic E-state index is 11.1. The number of hydrogen-bond acceptors (Lipinski definition) is 2. The van der Waals surface area contributed by atoms with Crippen LogP contribution in [0.25, 0.3) is 0 Å². The van der Waals surface area contributed by atoms with Crippen LogP contribution in [0, 0.1) is 5.41 Å². The Kier molecular flexibility index (Phi) is 4.49. The molecule has 5 heteroatoms. The van der Waals surface area contributed by atoms with E-state index in [1.165, 1.54) is 0 Å². The van der Waals surface area contributed by atoms with Crippen molar-refractivity contribution >= 4 is 11.9 Å². The first-order chi connectivity index (χ1) is 6.98. The van der Waals surface area contributed by atoms with E-state index in [0.29, 0.717) is 17.3 Å². The van der Waals surface area contributed by atoms with E-state index in [1.807, 2.05) is 0 Å². The maximum absolute atomic E-state index is 11.1. The fourth-order valence-corrected chi connectivity index (χ4v) is 1.45. The van der Waals surface area contributed by atoms with Gasteiger partial charge in [-0.3, -0.25) is 4.79 Å². The fraction of sp³-hybridized carbons (Fsp3) is 0.818. The highest BCUT2D eigenvalue weighted by atomic mass is 16.4. The third-order valence-electron chi connectivity index (χ3n) is 2.84. The van der Waals surface area contributed by atoms with Crippen molar-refractivity contribution in [2.24, 2.45) is 5.41 Å². The Hall–Kier alpha value is -1.10. The minimum Gasteiger partial charge on any atom is -0.481 e. The highest BCUT2D eigenvalue weighted by Crippen LogP contribution is 2.25. The lowest BCUT2D eigenvalue weighted by molar-refractivity contribution is -0.887. The first-order valence-electron chi connectivity index (χ1n) is 5.26. The lowest BCUT2D eigenvalue weighted by atomic mass is 9.86. The molecule has 94 valence electrons. The molecule has 0 aromatic rings. The van der Waals surface area contributed by atoms with Crippen LogP contribution in [-0.2, 0) is 9.59 Å². The fourth-order valence-electron chi connectivity index (χ4n) is 1.45. The Morgan fingerprint density at radius 1 is 1.19 bits per heavy atom. The average molecular weight is 232 g/mol. The summed E-state index contributed by atoms with van der Waals surface area (Å²) in [6.07, 6.45) is 0.715. The van der Waals surface area contributed by atoms with Gasteiger partial charge in [0.25, 0.3) is 0 Å². The number of likely N-dealkylation sites (N-methyl/N-ethyl adjacent to an activating group) is 1. The number of nitrogens with zero attached hydrogens (tertiary/aromatic N) is 1. The van der Waals surface area contributed by atoms with Crippen LogP contribution in [0.3, 0.4) is 0 Å². The number of hydrogen-bond donors (Lipinski definition) is 2. The van der Waals surface area contributed by atoms with Crippen LogP contribution in [0.1, 0.15) is 26.7 Å². The van der Waals surface area contributed by atoms with Crippen LogP contribution >= 0.6 is 0 Å². The van der Waals surface area contributed by atoms with Crippen LogP contribution < -0.4 is 0 Å². The smallest absolute Gasteiger partial charge is 0.362 e. The Morgan fingerprint density at radius 2 is 1.62 bits per heavy atom. The van der Waals surface area contributed by atoms with Gasteiger partial charge in [-0.25, -0.2) is 4.79 Å². The second-order valence-electron chi connectivity index (χ2n) is 5.70. The summed E-state index contributed by atoms with van der Waals surface area (Å²) in [5.74, 6) is -1.77. The molecule has 16 heavy (non-hydrogen) atoms. The average Bonchev–Trinajstić information content (AvgIpc) is 1.99. The summed E-state index contributed by atoms with van der Waals surface area (Å²) < 4.78 is 0.297. The van der Waals surface area contributed by atoms with Crippen molar-refractivity contribution in [3.63, 3.8) is 0 Å². The summed E-state index contributed by atoms with van der Waals surface area (Å²) in [6.45, 7) is 3.23. The van der Waals surface area contributed by atoms with Crippen molar-refractivity contribution in [3.8, 4) is 0 Å². The zero-order valence-corrected chi connectivity index (χ0v) is 10.6. The number of carbonyl (C=O) groups is 2. The van der Waals surface area contributed by atoms with Crippen molar-refractivity contribution in [1.82, 2.24) is 0 Å². The quantitative estimate of drug-likeness (QED) is 0.671. The van der Waals surface area contributed by atoms with Crippen LogP contribution in [0.4, 0.5) is 0 Å². The van der Waals surface area contributed by atoms with Gasteiger partial charge in [0.05, 0.1) is 26.6 Å². The minimum atomic E-state index is -0.891. The minimum absolute atomic E-state index is 0.297. The Balaban J connectivity index is 4.58. The summed E-state index contributed by atoms with van der Waals surface area (Å²) >= 11 is 0. The molecule has 0 radical (unpaired) electrons. The van der Waals surface area contributed by atoms with Crippen molar-refractivity contribution in [3.05, 3.63) is 0 Å². The van der Waals surface area contributed by atoms with Crippen molar-refractivity contribution < 1.29 is 24.3 Å². The van der Waals surface area contributed by atoms with Gasteiger partial charge in [0.15, 0.2) is 6.04 Å². The molecular weight excluding hydrogens is 210 g/mol. The number of rotatable bonds is 6. The molecule has 0 saturated carbocycles. The summed E-state index contributed by atoms with van der Waals surface area (Å²) in [4.78, 5) is 22.0. The first kappa shape index (κ1) is 14.9. The van der Waals surface area contributed by atoms with Crippen LogP contribution in [0.15, 0.2) is 0 Å². The van der Waals surface area contributed by atoms with Crippen molar-refractivity contribution in [1.29, 1.82) is 0 Å².